The van der Waals surface area contributed by atoms with Crippen LogP contribution in [0, 0.1) is 0 Å². The van der Waals surface area contributed by atoms with E-state index >= 15 is 0 Å². The number of carbonyl (C=O) groups excluding carboxylic acids is 1. The first kappa shape index (κ1) is 29.7. The average Bonchev–Trinajstić information content (AvgIpc) is 3.33. The number of ether oxygens (including phenoxy) is 2. The highest BCUT2D eigenvalue weighted by atomic mass is 32.2. The number of para-hydroxylation sites is 1. The number of fused-ring (bicyclic) bond motifs is 2. The summed E-state index contributed by atoms with van der Waals surface area (Å²) in [5.41, 5.74) is 3.38. The molecule has 6 nitrogen and oxygen atoms in total. The molecule has 0 aliphatic carbocycles. The second-order valence-corrected chi connectivity index (χ2v) is 12.7. The van der Waals surface area contributed by atoms with Gasteiger partial charge in [0, 0.05) is 10.5 Å². The Morgan fingerprint density at radius 1 is 1.00 bits per heavy atom. The van der Waals surface area contributed by atoms with Crippen molar-refractivity contribution in [3.8, 4) is 5.75 Å². The second-order valence-electron chi connectivity index (χ2n) is 10.8. The lowest BCUT2D eigenvalue weighted by molar-refractivity contribution is -0.143. The van der Waals surface area contributed by atoms with Crippen LogP contribution >= 0.6 is 23.1 Å². The molecule has 0 N–H and O–H groups in total. The summed E-state index contributed by atoms with van der Waals surface area (Å²) in [5, 5.41) is 2.31. The number of esters is 1. The van der Waals surface area contributed by atoms with Crippen LogP contribution in [0.5, 0.6) is 5.75 Å². The summed E-state index contributed by atoms with van der Waals surface area (Å²) in [6.45, 7) is 5.81. The Morgan fingerprint density at radius 2 is 1.73 bits per heavy atom. The molecule has 44 heavy (non-hydrogen) atoms. The first-order valence-electron chi connectivity index (χ1n) is 14.4. The van der Waals surface area contributed by atoms with Gasteiger partial charge in [0.25, 0.3) is 5.56 Å². The van der Waals surface area contributed by atoms with E-state index in [-0.39, 0.29) is 11.7 Å². The lowest BCUT2D eigenvalue weighted by Gasteiger charge is -2.25. The molecule has 0 bridgehead atoms. The zero-order valence-electron chi connectivity index (χ0n) is 24.9. The predicted octanol–water partition coefficient (Wildman–Crippen LogP) is 6.64. The van der Waals surface area contributed by atoms with E-state index in [1.54, 1.807) is 23.3 Å². The van der Waals surface area contributed by atoms with Crippen LogP contribution in [-0.2, 0) is 16.1 Å². The minimum absolute atomic E-state index is 0.223. The monoisotopic (exact) mass is 620 g/mol. The minimum atomic E-state index is -0.659. The lowest BCUT2D eigenvalue weighted by atomic mass is 9.96. The van der Waals surface area contributed by atoms with E-state index in [0.29, 0.717) is 33.0 Å². The third-order valence-corrected chi connectivity index (χ3v) is 9.21. The maximum atomic E-state index is 14.1. The van der Waals surface area contributed by atoms with Crippen LogP contribution in [0.25, 0.3) is 16.8 Å². The number of nitrogens with zero attached hydrogens (tertiary/aromatic N) is 2. The molecule has 0 fully saturated rings. The van der Waals surface area contributed by atoms with Gasteiger partial charge in [-0.15, -0.1) is 11.8 Å². The fraction of sp³-hybridized carbons (Fsp3) is 0.194. The van der Waals surface area contributed by atoms with Gasteiger partial charge in [0.15, 0.2) is 4.80 Å². The van der Waals surface area contributed by atoms with Gasteiger partial charge in [0.05, 0.1) is 27.9 Å². The summed E-state index contributed by atoms with van der Waals surface area (Å²) in [6, 6.07) is 29.4. The van der Waals surface area contributed by atoms with Crippen molar-refractivity contribution in [2.24, 2.45) is 4.99 Å². The molecule has 1 aromatic heterocycles. The Bertz CT molecular complexity index is 2070. The SMILES string of the molecule is CSc1ccc([C@@H]2C(C(=O)OC(C)C)=C(C)N=c3s/c(=C/c4ccccc4OCc4cccc5ccccc45)c(=O)n32)cc1. The fourth-order valence-corrected chi connectivity index (χ4v) is 6.85. The van der Waals surface area contributed by atoms with Crippen molar-refractivity contribution in [2.45, 2.75) is 44.4 Å². The summed E-state index contributed by atoms with van der Waals surface area (Å²) in [6.07, 6.45) is 3.55. The third-order valence-electron chi connectivity index (χ3n) is 7.48. The quantitative estimate of drug-likeness (QED) is 0.144. The predicted molar refractivity (Wildman–Crippen MR) is 178 cm³/mol. The average molecular weight is 621 g/mol. The molecule has 5 aromatic rings. The van der Waals surface area contributed by atoms with Crippen LogP contribution in [0.1, 0.15) is 43.5 Å². The smallest absolute Gasteiger partial charge is 0.338 e. The summed E-state index contributed by atoms with van der Waals surface area (Å²) in [7, 11) is 0. The van der Waals surface area contributed by atoms with E-state index < -0.39 is 12.0 Å². The Labute approximate surface area is 264 Å². The molecule has 0 saturated heterocycles. The number of thioether (sulfide) groups is 1. The first-order chi connectivity index (χ1) is 21.3. The molecule has 0 unspecified atom stereocenters. The van der Waals surface area contributed by atoms with Gasteiger partial charge < -0.3 is 9.47 Å². The van der Waals surface area contributed by atoms with Gasteiger partial charge in [0.2, 0.25) is 0 Å². The van der Waals surface area contributed by atoms with E-state index in [2.05, 4.69) is 24.3 Å². The zero-order chi connectivity index (χ0) is 30.8. The number of hydrogen-bond acceptors (Lipinski definition) is 7. The normalized spacial score (nSPS) is 14.9. The lowest BCUT2D eigenvalue weighted by Crippen LogP contribution is -2.40. The minimum Gasteiger partial charge on any atom is -0.488 e. The standard InChI is InChI=1S/C36H32N2O4S2/c1-22(2)42-35(40)32-23(3)37-36-38(33(32)25-16-18-28(43-4)19-17-25)34(39)31(44-36)20-26-11-6-8-15-30(26)41-21-27-13-9-12-24-10-5-7-14-29(24)27/h5-20,22,33H,21H2,1-4H3/b31-20+/t33-/m1/s1. The van der Waals surface area contributed by atoms with Crippen molar-refractivity contribution in [1.29, 1.82) is 0 Å². The maximum absolute atomic E-state index is 14.1. The molecular weight excluding hydrogens is 589 g/mol. The molecule has 1 aliphatic rings. The van der Waals surface area contributed by atoms with Gasteiger partial charge in [-0.05, 0) is 73.2 Å². The van der Waals surface area contributed by atoms with Crippen LogP contribution < -0.4 is 19.6 Å². The summed E-state index contributed by atoms with van der Waals surface area (Å²) in [5.74, 6) is 0.203. The van der Waals surface area contributed by atoms with Gasteiger partial charge in [0.1, 0.15) is 12.4 Å². The van der Waals surface area contributed by atoms with E-state index in [9.17, 15) is 9.59 Å². The van der Waals surface area contributed by atoms with E-state index in [1.165, 1.54) is 11.3 Å². The molecule has 1 aliphatic heterocycles. The van der Waals surface area contributed by atoms with Gasteiger partial charge in [-0.2, -0.15) is 0 Å². The third kappa shape index (κ3) is 5.87. The van der Waals surface area contributed by atoms with Crippen molar-refractivity contribution in [1.82, 2.24) is 4.57 Å². The molecule has 8 heteroatoms. The molecule has 4 aromatic carbocycles. The molecule has 2 heterocycles. The van der Waals surface area contributed by atoms with Gasteiger partial charge in [-0.3, -0.25) is 9.36 Å². The Kier molecular flexibility index (Phi) is 8.55. The van der Waals surface area contributed by atoms with E-state index in [1.807, 2.05) is 92.9 Å². The summed E-state index contributed by atoms with van der Waals surface area (Å²) >= 11 is 2.93. The topological polar surface area (TPSA) is 69.9 Å². The molecule has 0 radical (unpaired) electrons. The molecule has 6 rings (SSSR count). The van der Waals surface area contributed by atoms with Crippen LogP contribution in [0.3, 0.4) is 0 Å². The van der Waals surface area contributed by atoms with Crippen LogP contribution in [-0.4, -0.2) is 22.9 Å². The number of allylic oxidation sites excluding steroid dienone is 1. The molecular formula is C36H32N2O4S2. The molecule has 0 saturated carbocycles. The Balaban J connectivity index is 1.42. The number of carbonyl (C=O) groups is 1. The highest BCUT2D eigenvalue weighted by Crippen LogP contribution is 2.32. The van der Waals surface area contributed by atoms with Gasteiger partial charge in [-0.25, -0.2) is 9.79 Å². The van der Waals surface area contributed by atoms with Crippen LogP contribution in [0.4, 0.5) is 0 Å². The van der Waals surface area contributed by atoms with Crippen molar-refractivity contribution in [2.75, 3.05) is 6.26 Å². The largest absolute Gasteiger partial charge is 0.488 e. The van der Waals surface area contributed by atoms with Crippen molar-refractivity contribution in [3.63, 3.8) is 0 Å². The van der Waals surface area contributed by atoms with E-state index in [0.717, 1.165) is 32.4 Å². The van der Waals surface area contributed by atoms with E-state index in [4.69, 9.17) is 14.5 Å². The zero-order valence-corrected chi connectivity index (χ0v) is 26.6. The molecule has 0 spiro atoms. The molecule has 1 atom stereocenters. The first-order valence-corrected chi connectivity index (χ1v) is 16.4. The Hall–Kier alpha value is -4.40. The number of benzene rings is 4. The highest BCUT2D eigenvalue weighted by molar-refractivity contribution is 7.98. The van der Waals surface area contributed by atoms with Crippen molar-refractivity contribution < 1.29 is 14.3 Å². The molecule has 0 amide bonds. The fourth-order valence-electron chi connectivity index (χ4n) is 5.41. The number of hydrogen-bond donors (Lipinski definition) is 0. The highest BCUT2D eigenvalue weighted by Gasteiger charge is 2.33. The maximum Gasteiger partial charge on any atom is 0.338 e. The summed E-state index contributed by atoms with van der Waals surface area (Å²) in [4.78, 5) is 33.8. The van der Waals surface area contributed by atoms with Gasteiger partial charge in [-0.1, -0.05) is 84.1 Å². The van der Waals surface area contributed by atoms with Crippen molar-refractivity contribution >= 4 is 45.9 Å². The number of aromatic nitrogens is 1. The van der Waals surface area contributed by atoms with Crippen molar-refractivity contribution in [3.05, 3.63) is 139 Å². The Morgan fingerprint density at radius 3 is 2.50 bits per heavy atom. The van der Waals surface area contributed by atoms with Gasteiger partial charge >= 0.3 is 5.97 Å². The number of thiazole rings is 1. The second kappa shape index (κ2) is 12.7. The van der Waals surface area contributed by atoms with Crippen LogP contribution in [0.15, 0.2) is 117 Å². The van der Waals surface area contributed by atoms with Crippen LogP contribution in [0.2, 0.25) is 0 Å². The summed E-state index contributed by atoms with van der Waals surface area (Å²) < 4.78 is 14.1. The molecule has 222 valence electrons. The number of rotatable bonds is 8.